The van der Waals surface area contributed by atoms with Crippen molar-refractivity contribution in [3.63, 3.8) is 0 Å². The van der Waals surface area contributed by atoms with Gasteiger partial charge in [-0.1, -0.05) is 24.4 Å². The largest absolute Gasteiger partial charge is 0.237 e. The van der Waals surface area contributed by atoms with E-state index in [1.54, 1.807) is 0 Å². The van der Waals surface area contributed by atoms with E-state index >= 15 is 0 Å². The standard InChI is InChI=1S/C11H11Cl2N3/c12-9-7-5-8(6-3-1-2-4-6)14-10(7)16-11(13)15-9/h6H,1-5H2. The highest BCUT2D eigenvalue weighted by Crippen LogP contribution is 2.36. The van der Waals surface area contributed by atoms with Gasteiger partial charge in [-0.15, -0.1) is 0 Å². The zero-order valence-corrected chi connectivity index (χ0v) is 10.2. The fraction of sp³-hybridized carbons (Fsp3) is 0.545. The van der Waals surface area contributed by atoms with E-state index < -0.39 is 0 Å². The van der Waals surface area contributed by atoms with Crippen LogP contribution in [0.5, 0.6) is 0 Å². The van der Waals surface area contributed by atoms with E-state index in [9.17, 15) is 0 Å². The van der Waals surface area contributed by atoms with Crippen molar-refractivity contribution < 1.29 is 0 Å². The minimum Gasteiger partial charge on any atom is -0.237 e. The molecular weight excluding hydrogens is 245 g/mol. The lowest BCUT2D eigenvalue weighted by Crippen LogP contribution is -2.10. The summed E-state index contributed by atoms with van der Waals surface area (Å²) < 4.78 is 0. The summed E-state index contributed by atoms with van der Waals surface area (Å²) in [6.45, 7) is 0. The van der Waals surface area contributed by atoms with E-state index in [1.165, 1.54) is 31.4 Å². The van der Waals surface area contributed by atoms with E-state index in [-0.39, 0.29) is 5.28 Å². The molecule has 0 atom stereocenters. The topological polar surface area (TPSA) is 38.1 Å². The maximum absolute atomic E-state index is 6.04. The zero-order chi connectivity index (χ0) is 11.1. The highest BCUT2D eigenvalue weighted by molar-refractivity contribution is 6.33. The molecule has 2 heterocycles. The average molecular weight is 256 g/mol. The van der Waals surface area contributed by atoms with Crippen molar-refractivity contribution in [3.05, 3.63) is 16.0 Å². The third-order valence-electron chi connectivity index (χ3n) is 3.34. The Balaban J connectivity index is 1.94. The second kappa shape index (κ2) is 3.97. The Hall–Kier alpha value is -0.670. The van der Waals surface area contributed by atoms with Gasteiger partial charge in [-0.25, -0.2) is 9.98 Å². The molecule has 1 aliphatic carbocycles. The summed E-state index contributed by atoms with van der Waals surface area (Å²) in [5, 5.41) is 0.631. The van der Waals surface area contributed by atoms with Gasteiger partial charge in [0.25, 0.3) is 0 Å². The third kappa shape index (κ3) is 1.72. The van der Waals surface area contributed by atoms with E-state index in [0.717, 1.165) is 12.0 Å². The number of hydrogen-bond acceptors (Lipinski definition) is 3. The summed E-state index contributed by atoms with van der Waals surface area (Å²) >= 11 is 11.8. The van der Waals surface area contributed by atoms with Crippen LogP contribution in [-0.4, -0.2) is 15.7 Å². The molecule has 1 aromatic rings. The summed E-state index contributed by atoms with van der Waals surface area (Å²) in [6.07, 6.45) is 5.90. The molecule has 1 aliphatic heterocycles. The highest BCUT2D eigenvalue weighted by Gasteiger charge is 2.28. The Morgan fingerprint density at radius 1 is 1.06 bits per heavy atom. The Kier molecular flexibility index (Phi) is 2.60. The van der Waals surface area contributed by atoms with Crippen molar-refractivity contribution in [2.24, 2.45) is 10.9 Å². The maximum Gasteiger partial charge on any atom is 0.225 e. The van der Waals surface area contributed by atoms with Crippen molar-refractivity contribution in [3.8, 4) is 0 Å². The molecule has 3 rings (SSSR count). The Bertz CT molecular complexity index is 465. The van der Waals surface area contributed by atoms with Crippen molar-refractivity contribution in [2.75, 3.05) is 0 Å². The predicted molar refractivity (Wildman–Crippen MR) is 64.8 cm³/mol. The monoisotopic (exact) mass is 255 g/mol. The molecule has 2 aliphatic rings. The lowest BCUT2D eigenvalue weighted by atomic mass is 9.98. The van der Waals surface area contributed by atoms with Crippen LogP contribution in [-0.2, 0) is 6.42 Å². The molecule has 0 bridgehead atoms. The molecule has 5 heteroatoms. The average Bonchev–Trinajstić information content (AvgIpc) is 2.82. The normalized spacial score (nSPS) is 20.0. The van der Waals surface area contributed by atoms with Crippen molar-refractivity contribution >= 4 is 34.7 Å². The van der Waals surface area contributed by atoms with E-state index in [1.807, 2.05) is 0 Å². The second-order valence-electron chi connectivity index (χ2n) is 4.35. The molecule has 3 nitrogen and oxygen atoms in total. The van der Waals surface area contributed by atoms with E-state index in [4.69, 9.17) is 23.2 Å². The molecule has 1 fully saturated rings. The van der Waals surface area contributed by atoms with Crippen molar-refractivity contribution in [1.82, 2.24) is 9.97 Å². The van der Waals surface area contributed by atoms with Crippen LogP contribution in [0.2, 0.25) is 10.4 Å². The molecule has 0 amide bonds. The highest BCUT2D eigenvalue weighted by atomic mass is 35.5. The first kappa shape index (κ1) is 10.5. The Labute approximate surface area is 104 Å². The van der Waals surface area contributed by atoms with Gasteiger partial charge in [0.05, 0.1) is 0 Å². The first-order valence-electron chi connectivity index (χ1n) is 5.53. The second-order valence-corrected chi connectivity index (χ2v) is 5.04. The van der Waals surface area contributed by atoms with Crippen LogP contribution in [0.1, 0.15) is 31.2 Å². The third-order valence-corrected chi connectivity index (χ3v) is 3.82. The molecule has 0 spiro atoms. The molecule has 0 unspecified atom stereocenters. The molecule has 16 heavy (non-hydrogen) atoms. The quantitative estimate of drug-likeness (QED) is 0.568. The molecule has 0 radical (unpaired) electrons. The number of fused-ring (bicyclic) bond motifs is 1. The molecule has 84 valence electrons. The first-order valence-corrected chi connectivity index (χ1v) is 6.29. The fourth-order valence-electron chi connectivity index (χ4n) is 2.52. The summed E-state index contributed by atoms with van der Waals surface area (Å²) in [5.41, 5.74) is 2.15. The van der Waals surface area contributed by atoms with Crippen LogP contribution in [0.15, 0.2) is 4.99 Å². The zero-order valence-electron chi connectivity index (χ0n) is 8.71. The summed E-state index contributed by atoms with van der Waals surface area (Å²) in [6, 6.07) is 0. The number of aromatic nitrogens is 2. The minimum atomic E-state index is 0.181. The van der Waals surface area contributed by atoms with Gasteiger partial charge in [-0.05, 0) is 30.4 Å². The van der Waals surface area contributed by atoms with Gasteiger partial charge in [0.1, 0.15) is 5.15 Å². The van der Waals surface area contributed by atoms with Crippen LogP contribution in [0.3, 0.4) is 0 Å². The van der Waals surface area contributed by atoms with Gasteiger partial charge in [-0.2, -0.15) is 4.98 Å². The SMILES string of the molecule is Clc1nc(Cl)c2c(n1)N=C(C1CCCC1)C2. The molecule has 0 aromatic carbocycles. The van der Waals surface area contributed by atoms with Crippen LogP contribution < -0.4 is 0 Å². The summed E-state index contributed by atoms with van der Waals surface area (Å²) in [5.74, 6) is 1.29. The minimum absolute atomic E-state index is 0.181. The number of aliphatic imine (C=N–C) groups is 1. The van der Waals surface area contributed by atoms with Gasteiger partial charge >= 0.3 is 0 Å². The predicted octanol–water partition coefficient (Wildman–Crippen LogP) is 3.60. The molecule has 0 N–H and O–H groups in total. The smallest absolute Gasteiger partial charge is 0.225 e. The summed E-state index contributed by atoms with van der Waals surface area (Å²) in [4.78, 5) is 12.6. The number of hydrogen-bond donors (Lipinski definition) is 0. The van der Waals surface area contributed by atoms with Gasteiger partial charge in [0.15, 0.2) is 5.82 Å². The van der Waals surface area contributed by atoms with Gasteiger partial charge in [0, 0.05) is 17.7 Å². The Morgan fingerprint density at radius 3 is 2.56 bits per heavy atom. The summed E-state index contributed by atoms with van der Waals surface area (Å²) in [7, 11) is 0. The van der Waals surface area contributed by atoms with Crippen LogP contribution >= 0.6 is 23.2 Å². The van der Waals surface area contributed by atoms with Crippen LogP contribution in [0.4, 0.5) is 5.82 Å². The van der Waals surface area contributed by atoms with Crippen LogP contribution in [0, 0.1) is 5.92 Å². The molecular formula is C11H11Cl2N3. The van der Waals surface area contributed by atoms with Gasteiger partial charge in [0.2, 0.25) is 5.28 Å². The number of nitrogens with zero attached hydrogens (tertiary/aromatic N) is 3. The number of halogens is 2. The van der Waals surface area contributed by atoms with E-state index in [2.05, 4.69) is 15.0 Å². The molecule has 0 saturated heterocycles. The van der Waals surface area contributed by atoms with Crippen LogP contribution in [0.25, 0.3) is 0 Å². The Morgan fingerprint density at radius 2 is 1.81 bits per heavy atom. The van der Waals surface area contributed by atoms with Crippen molar-refractivity contribution in [2.45, 2.75) is 32.1 Å². The number of rotatable bonds is 1. The van der Waals surface area contributed by atoms with Crippen molar-refractivity contribution in [1.29, 1.82) is 0 Å². The van der Waals surface area contributed by atoms with Gasteiger partial charge in [-0.3, -0.25) is 0 Å². The first-order chi connectivity index (χ1) is 7.74. The van der Waals surface area contributed by atoms with Gasteiger partial charge < -0.3 is 0 Å². The lowest BCUT2D eigenvalue weighted by molar-refractivity contribution is 0.721. The molecule has 1 saturated carbocycles. The maximum atomic E-state index is 6.04. The lowest BCUT2D eigenvalue weighted by Gasteiger charge is -2.07. The fourth-order valence-corrected chi connectivity index (χ4v) is 2.96. The van der Waals surface area contributed by atoms with E-state index in [0.29, 0.717) is 16.9 Å². The molecule has 1 aromatic heterocycles.